The number of carbonyl (C=O) groups excluding carboxylic acids is 1. The number of fused-ring (bicyclic) bond motifs is 1. The van der Waals surface area contributed by atoms with Gasteiger partial charge in [-0.2, -0.15) is 0 Å². The van der Waals surface area contributed by atoms with E-state index in [0.717, 1.165) is 5.39 Å². The number of para-hydroxylation sites is 1. The Morgan fingerprint density at radius 2 is 2.00 bits per heavy atom. The van der Waals surface area contributed by atoms with Gasteiger partial charge in [-0.3, -0.25) is 9.59 Å². The van der Waals surface area contributed by atoms with E-state index in [1.807, 2.05) is 32.0 Å². The van der Waals surface area contributed by atoms with Crippen molar-refractivity contribution >= 4 is 22.8 Å². The lowest BCUT2D eigenvalue weighted by Gasteiger charge is -2.16. The molecular formula is C15H17NO4. The number of amides is 1. The molecule has 1 atom stereocenters. The molecule has 0 bridgehead atoms. The second-order valence-corrected chi connectivity index (χ2v) is 5.05. The highest BCUT2D eigenvalue weighted by Gasteiger charge is 2.23. The van der Waals surface area contributed by atoms with Crippen LogP contribution in [-0.4, -0.2) is 23.5 Å². The van der Waals surface area contributed by atoms with E-state index in [-0.39, 0.29) is 18.2 Å². The molecule has 1 amide bonds. The average Bonchev–Trinajstić information content (AvgIpc) is 2.81. The van der Waals surface area contributed by atoms with E-state index in [0.29, 0.717) is 5.58 Å². The smallest absolute Gasteiger partial charge is 0.308 e. The van der Waals surface area contributed by atoms with E-state index < -0.39 is 17.8 Å². The van der Waals surface area contributed by atoms with Crippen molar-refractivity contribution in [3.63, 3.8) is 0 Å². The van der Waals surface area contributed by atoms with Crippen LogP contribution in [-0.2, 0) is 4.79 Å². The molecule has 0 aliphatic carbocycles. The zero-order valence-electron chi connectivity index (χ0n) is 11.4. The van der Waals surface area contributed by atoms with Gasteiger partial charge >= 0.3 is 5.97 Å². The summed E-state index contributed by atoms with van der Waals surface area (Å²) in [6, 6.07) is 8.96. The van der Waals surface area contributed by atoms with E-state index in [1.165, 1.54) is 0 Å². The zero-order chi connectivity index (χ0) is 14.7. The van der Waals surface area contributed by atoms with Crippen LogP contribution in [0.3, 0.4) is 0 Å². The molecule has 0 saturated carbocycles. The quantitative estimate of drug-likeness (QED) is 0.878. The molecule has 1 aromatic carbocycles. The van der Waals surface area contributed by atoms with E-state index in [9.17, 15) is 9.59 Å². The molecule has 0 fully saturated rings. The lowest BCUT2D eigenvalue weighted by atomic mass is 9.96. The maximum absolute atomic E-state index is 12.0. The molecule has 2 rings (SSSR count). The monoisotopic (exact) mass is 275 g/mol. The molecule has 0 aliphatic rings. The SMILES string of the molecule is CC(C)C(CNC(=O)c1cc2ccccc2o1)C(=O)O. The van der Waals surface area contributed by atoms with Crippen LogP contribution in [0.25, 0.3) is 11.0 Å². The van der Waals surface area contributed by atoms with Gasteiger partial charge in [-0.1, -0.05) is 32.0 Å². The number of hydrogen-bond acceptors (Lipinski definition) is 3. The van der Waals surface area contributed by atoms with Crippen molar-refractivity contribution in [1.29, 1.82) is 0 Å². The highest BCUT2D eigenvalue weighted by Crippen LogP contribution is 2.18. The fraction of sp³-hybridized carbons (Fsp3) is 0.333. The molecule has 1 unspecified atom stereocenters. The van der Waals surface area contributed by atoms with Crippen molar-refractivity contribution in [1.82, 2.24) is 5.32 Å². The van der Waals surface area contributed by atoms with Crippen LogP contribution < -0.4 is 5.32 Å². The van der Waals surface area contributed by atoms with Crippen molar-refractivity contribution in [2.75, 3.05) is 6.54 Å². The topological polar surface area (TPSA) is 79.5 Å². The van der Waals surface area contributed by atoms with E-state index in [2.05, 4.69) is 5.32 Å². The summed E-state index contributed by atoms with van der Waals surface area (Å²) in [5.41, 5.74) is 0.635. The van der Waals surface area contributed by atoms with Gasteiger partial charge < -0.3 is 14.8 Å². The third-order valence-electron chi connectivity index (χ3n) is 3.25. The highest BCUT2D eigenvalue weighted by atomic mass is 16.4. The van der Waals surface area contributed by atoms with E-state index in [1.54, 1.807) is 12.1 Å². The van der Waals surface area contributed by atoms with Crippen molar-refractivity contribution < 1.29 is 19.1 Å². The Hall–Kier alpha value is -2.30. The first-order chi connectivity index (χ1) is 9.49. The molecule has 0 aliphatic heterocycles. The second-order valence-electron chi connectivity index (χ2n) is 5.05. The van der Waals surface area contributed by atoms with Crippen molar-refractivity contribution in [2.24, 2.45) is 11.8 Å². The number of carbonyl (C=O) groups is 2. The van der Waals surface area contributed by atoms with Crippen LogP contribution >= 0.6 is 0 Å². The number of benzene rings is 1. The second kappa shape index (κ2) is 5.77. The predicted octanol–water partition coefficient (Wildman–Crippen LogP) is 2.52. The molecule has 5 heteroatoms. The Morgan fingerprint density at radius 1 is 1.30 bits per heavy atom. The highest BCUT2D eigenvalue weighted by molar-refractivity contribution is 5.96. The molecule has 2 N–H and O–H groups in total. The molecular weight excluding hydrogens is 258 g/mol. The van der Waals surface area contributed by atoms with Gasteiger partial charge in [0.1, 0.15) is 5.58 Å². The molecule has 1 aromatic heterocycles. The number of furan rings is 1. The molecule has 1 heterocycles. The van der Waals surface area contributed by atoms with Gasteiger partial charge in [0, 0.05) is 11.9 Å². The average molecular weight is 275 g/mol. The zero-order valence-corrected chi connectivity index (χ0v) is 11.4. The van der Waals surface area contributed by atoms with Crippen LogP contribution in [0.15, 0.2) is 34.7 Å². The summed E-state index contributed by atoms with van der Waals surface area (Å²) in [4.78, 5) is 23.0. The third-order valence-corrected chi connectivity index (χ3v) is 3.25. The molecule has 5 nitrogen and oxygen atoms in total. The minimum atomic E-state index is -0.912. The van der Waals surface area contributed by atoms with Crippen LogP contribution in [0, 0.1) is 11.8 Å². The first-order valence-corrected chi connectivity index (χ1v) is 6.48. The van der Waals surface area contributed by atoms with Gasteiger partial charge in [-0.15, -0.1) is 0 Å². The van der Waals surface area contributed by atoms with Gasteiger partial charge in [0.05, 0.1) is 5.92 Å². The fourth-order valence-corrected chi connectivity index (χ4v) is 1.99. The predicted molar refractivity (Wildman–Crippen MR) is 74.5 cm³/mol. The molecule has 0 spiro atoms. The Labute approximate surface area is 116 Å². The minimum Gasteiger partial charge on any atom is -0.481 e. The molecule has 20 heavy (non-hydrogen) atoms. The Morgan fingerprint density at radius 3 is 2.60 bits per heavy atom. The maximum Gasteiger partial charge on any atom is 0.308 e. The Bertz CT molecular complexity index is 597. The Kier molecular flexibility index (Phi) is 4.08. The van der Waals surface area contributed by atoms with Gasteiger partial charge in [-0.05, 0) is 18.1 Å². The summed E-state index contributed by atoms with van der Waals surface area (Å²) in [5.74, 6) is -1.77. The molecule has 0 radical (unpaired) electrons. The Balaban J connectivity index is 2.06. The van der Waals surface area contributed by atoms with Gasteiger partial charge in [0.2, 0.25) is 0 Å². The standard InChI is InChI=1S/C15H17NO4/c1-9(2)11(15(18)19)8-16-14(17)13-7-10-5-3-4-6-12(10)20-13/h3-7,9,11H,8H2,1-2H3,(H,16,17)(H,18,19). The van der Waals surface area contributed by atoms with Crippen molar-refractivity contribution in [3.8, 4) is 0 Å². The molecule has 0 saturated heterocycles. The number of nitrogens with one attached hydrogen (secondary N) is 1. The van der Waals surface area contributed by atoms with Gasteiger partial charge in [0.15, 0.2) is 5.76 Å². The van der Waals surface area contributed by atoms with Crippen LogP contribution in [0.5, 0.6) is 0 Å². The summed E-state index contributed by atoms with van der Waals surface area (Å²) < 4.78 is 5.42. The number of aliphatic carboxylic acids is 1. The first-order valence-electron chi connectivity index (χ1n) is 6.48. The summed E-state index contributed by atoms with van der Waals surface area (Å²) in [5, 5.41) is 12.5. The molecule has 2 aromatic rings. The lowest BCUT2D eigenvalue weighted by Crippen LogP contribution is -2.35. The van der Waals surface area contributed by atoms with Crippen molar-refractivity contribution in [3.05, 3.63) is 36.1 Å². The van der Waals surface area contributed by atoms with Crippen LogP contribution in [0.1, 0.15) is 24.4 Å². The summed E-state index contributed by atoms with van der Waals surface area (Å²) in [7, 11) is 0. The van der Waals surface area contributed by atoms with E-state index >= 15 is 0 Å². The normalized spacial score (nSPS) is 12.6. The van der Waals surface area contributed by atoms with Crippen LogP contribution in [0.2, 0.25) is 0 Å². The van der Waals surface area contributed by atoms with Crippen molar-refractivity contribution in [2.45, 2.75) is 13.8 Å². The van der Waals surface area contributed by atoms with Crippen LogP contribution in [0.4, 0.5) is 0 Å². The number of carboxylic acid groups (broad SMARTS) is 1. The number of carboxylic acids is 1. The van der Waals surface area contributed by atoms with Gasteiger partial charge in [0.25, 0.3) is 5.91 Å². The number of rotatable bonds is 5. The minimum absolute atomic E-state index is 0.0523. The largest absolute Gasteiger partial charge is 0.481 e. The summed E-state index contributed by atoms with van der Waals surface area (Å²) >= 11 is 0. The lowest BCUT2D eigenvalue weighted by molar-refractivity contribution is -0.142. The van der Waals surface area contributed by atoms with Gasteiger partial charge in [-0.25, -0.2) is 0 Å². The summed E-state index contributed by atoms with van der Waals surface area (Å²) in [6.07, 6.45) is 0. The summed E-state index contributed by atoms with van der Waals surface area (Å²) in [6.45, 7) is 3.71. The maximum atomic E-state index is 12.0. The molecule has 106 valence electrons. The number of hydrogen-bond donors (Lipinski definition) is 2. The first kappa shape index (κ1) is 14.1. The van der Waals surface area contributed by atoms with E-state index in [4.69, 9.17) is 9.52 Å². The third kappa shape index (κ3) is 2.99. The fourth-order valence-electron chi connectivity index (χ4n) is 1.99.